The van der Waals surface area contributed by atoms with E-state index in [0.717, 1.165) is 12.1 Å². The van der Waals surface area contributed by atoms with Gasteiger partial charge in [0, 0.05) is 19.3 Å². The molecule has 1 aromatic carbocycles. The Balaban J connectivity index is 2.10. The zero-order chi connectivity index (χ0) is 17.7. The Morgan fingerprint density at radius 3 is 2.62 bits per heavy atom. The van der Waals surface area contributed by atoms with Gasteiger partial charge in [-0.25, -0.2) is 23.1 Å². The van der Waals surface area contributed by atoms with E-state index in [1.807, 2.05) is 19.0 Å². The van der Waals surface area contributed by atoms with Crippen molar-refractivity contribution in [3.8, 4) is 0 Å². The number of benzene rings is 1. The average molecular weight is 339 g/mol. The number of aromatic nitrogens is 2. The lowest BCUT2D eigenvalue weighted by atomic mass is 10.3. The summed E-state index contributed by atoms with van der Waals surface area (Å²) in [7, 11) is 3.74. The first-order chi connectivity index (χ1) is 11.4. The van der Waals surface area contributed by atoms with Crippen LogP contribution in [-0.2, 0) is 0 Å². The molecule has 2 aromatic rings. The molecule has 0 fully saturated rings. The van der Waals surface area contributed by atoms with E-state index in [0.29, 0.717) is 13.1 Å². The minimum atomic E-state index is -1.60. The van der Waals surface area contributed by atoms with Gasteiger partial charge in [0.1, 0.15) is 5.69 Å². The molecule has 0 radical (unpaired) electrons. The number of nitrogens with one attached hydrogen (secondary N) is 2. The molecule has 0 saturated carbocycles. The number of halogens is 3. The summed E-state index contributed by atoms with van der Waals surface area (Å²) in [4.78, 5) is 21.6. The van der Waals surface area contributed by atoms with Crippen LogP contribution in [0, 0.1) is 17.5 Å². The van der Waals surface area contributed by atoms with Gasteiger partial charge < -0.3 is 15.5 Å². The van der Waals surface area contributed by atoms with Gasteiger partial charge >= 0.3 is 0 Å². The van der Waals surface area contributed by atoms with E-state index in [1.165, 1.54) is 12.3 Å². The van der Waals surface area contributed by atoms with E-state index in [-0.39, 0.29) is 17.3 Å². The van der Waals surface area contributed by atoms with E-state index in [9.17, 15) is 18.0 Å². The molecule has 1 heterocycles. The number of anilines is 2. The van der Waals surface area contributed by atoms with Crippen LogP contribution in [0.3, 0.4) is 0 Å². The van der Waals surface area contributed by atoms with Crippen LogP contribution >= 0.6 is 0 Å². The van der Waals surface area contributed by atoms with Crippen LogP contribution in [0.5, 0.6) is 0 Å². The third-order valence-electron chi connectivity index (χ3n) is 3.01. The first-order valence-electron chi connectivity index (χ1n) is 7.05. The van der Waals surface area contributed by atoms with Crippen LogP contribution in [0.25, 0.3) is 0 Å². The minimum Gasteiger partial charge on any atom is -0.349 e. The summed E-state index contributed by atoms with van der Waals surface area (Å²) in [5.41, 5.74) is -0.270. The van der Waals surface area contributed by atoms with Crippen molar-refractivity contribution >= 4 is 17.5 Å². The van der Waals surface area contributed by atoms with E-state index in [4.69, 9.17) is 0 Å². The van der Waals surface area contributed by atoms with Gasteiger partial charge in [-0.1, -0.05) is 0 Å². The number of hydrogen-bond acceptors (Lipinski definition) is 5. The average Bonchev–Trinajstić information content (AvgIpc) is 2.55. The van der Waals surface area contributed by atoms with Crippen molar-refractivity contribution in [2.75, 3.05) is 32.5 Å². The summed E-state index contributed by atoms with van der Waals surface area (Å²) in [5, 5.41) is 5.08. The predicted molar refractivity (Wildman–Crippen MR) is 82.5 cm³/mol. The maximum Gasteiger partial charge on any atom is 0.270 e. The van der Waals surface area contributed by atoms with Crippen LogP contribution in [0.4, 0.5) is 24.8 Å². The van der Waals surface area contributed by atoms with Crippen molar-refractivity contribution in [1.29, 1.82) is 0 Å². The zero-order valence-electron chi connectivity index (χ0n) is 13.1. The Kier molecular flexibility index (Phi) is 5.69. The Labute approximate surface area is 136 Å². The molecule has 0 aliphatic carbocycles. The van der Waals surface area contributed by atoms with Crippen LogP contribution < -0.4 is 10.6 Å². The Morgan fingerprint density at radius 2 is 1.92 bits per heavy atom. The van der Waals surface area contributed by atoms with Gasteiger partial charge in [-0.2, -0.15) is 0 Å². The fourth-order valence-electron chi connectivity index (χ4n) is 1.77. The molecule has 0 saturated heterocycles. The van der Waals surface area contributed by atoms with E-state index in [1.54, 1.807) is 0 Å². The molecule has 0 aliphatic heterocycles. The summed E-state index contributed by atoms with van der Waals surface area (Å²) in [6.07, 6.45) is 1.30. The van der Waals surface area contributed by atoms with Gasteiger partial charge in [-0.05, 0) is 32.3 Å². The van der Waals surface area contributed by atoms with Gasteiger partial charge in [0.25, 0.3) is 5.91 Å². The van der Waals surface area contributed by atoms with Crippen LogP contribution in [0.15, 0.2) is 24.4 Å². The van der Waals surface area contributed by atoms with Crippen LogP contribution in [0.1, 0.15) is 10.5 Å². The monoisotopic (exact) mass is 339 g/mol. The second kappa shape index (κ2) is 7.73. The molecular weight excluding hydrogens is 323 g/mol. The number of carbonyl (C=O) groups excluding carboxylic acids is 1. The number of hydrogen-bond donors (Lipinski definition) is 2. The highest BCUT2D eigenvalue weighted by Crippen LogP contribution is 2.21. The maximum absolute atomic E-state index is 13.6. The Morgan fingerprint density at radius 1 is 1.17 bits per heavy atom. The standard InChI is InChI=1S/C15H16F3N5O/c1-23(2)8-7-19-14(24)11-5-6-20-15(22-11)21-10-4-3-9(16)12(17)13(10)18/h3-6H,7-8H2,1-2H3,(H,19,24)(H,20,21,22). The third kappa shape index (κ3) is 4.42. The highest BCUT2D eigenvalue weighted by Gasteiger charge is 2.15. The van der Waals surface area contributed by atoms with Gasteiger partial charge in [0.2, 0.25) is 5.95 Å². The van der Waals surface area contributed by atoms with Gasteiger partial charge in [0.15, 0.2) is 17.5 Å². The van der Waals surface area contributed by atoms with Crippen molar-refractivity contribution < 1.29 is 18.0 Å². The number of likely N-dealkylation sites (N-methyl/N-ethyl adjacent to an activating group) is 1. The molecule has 0 unspecified atom stereocenters. The summed E-state index contributed by atoms with van der Waals surface area (Å²) in [6, 6.07) is 3.18. The molecule has 0 bridgehead atoms. The summed E-state index contributed by atoms with van der Waals surface area (Å²) in [5.74, 6) is -4.82. The fraction of sp³-hybridized carbons (Fsp3) is 0.267. The highest BCUT2D eigenvalue weighted by molar-refractivity contribution is 5.92. The molecule has 24 heavy (non-hydrogen) atoms. The van der Waals surface area contributed by atoms with Crippen molar-refractivity contribution in [2.24, 2.45) is 0 Å². The molecule has 6 nitrogen and oxygen atoms in total. The summed E-state index contributed by atoms with van der Waals surface area (Å²) >= 11 is 0. The molecule has 2 N–H and O–H groups in total. The Bertz CT molecular complexity index is 739. The molecule has 128 valence electrons. The normalized spacial score (nSPS) is 10.8. The quantitative estimate of drug-likeness (QED) is 0.787. The predicted octanol–water partition coefficient (Wildman–Crippen LogP) is 1.93. The van der Waals surface area contributed by atoms with Crippen molar-refractivity contribution in [2.45, 2.75) is 0 Å². The first kappa shape index (κ1) is 17.7. The van der Waals surface area contributed by atoms with Crippen LogP contribution in [-0.4, -0.2) is 48.0 Å². The second-order valence-corrected chi connectivity index (χ2v) is 5.17. The molecule has 0 atom stereocenters. The SMILES string of the molecule is CN(C)CCNC(=O)c1ccnc(Nc2ccc(F)c(F)c2F)n1. The van der Waals surface area contributed by atoms with E-state index in [2.05, 4.69) is 20.6 Å². The minimum absolute atomic E-state index is 0.0641. The van der Waals surface area contributed by atoms with Crippen molar-refractivity contribution in [3.63, 3.8) is 0 Å². The van der Waals surface area contributed by atoms with Gasteiger partial charge in [-0.3, -0.25) is 4.79 Å². The van der Waals surface area contributed by atoms with E-state index >= 15 is 0 Å². The third-order valence-corrected chi connectivity index (χ3v) is 3.01. The van der Waals surface area contributed by atoms with Crippen LogP contribution in [0.2, 0.25) is 0 Å². The fourth-order valence-corrected chi connectivity index (χ4v) is 1.77. The molecule has 9 heteroatoms. The lowest BCUT2D eigenvalue weighted by molar-refractivity contribution is 0.0946. The first-order valence-corrected chi connectivity index (χ1v) is 7.05. The van der Waals surface area contributed by atoms with Crippen molar-refractivity contribution in [1.82, 2.24) is 20.2 Å². The number of nitrogens with zero attached hydrogens (tertiary/aromatic N) is 3. The molecule has 0 spiro atoms. The molecular formula is C15H16F3N5O. The molecule has 1 aromatic heterocycles. The van der Waals surface area contributed by atoms with E-state index < -0.39 is 23.4 Å². The zero-order valence-corrected chi connectivity index (χ0v) is 13.1. The number of carbonyl (C=O) groups is 1. The van der Waals surface area contributed by atoms with Crippen molar-refractivity contribution in [3.05, 3.63) is 47.5 Å². The lowest BCUT2D eigenvalue weighted by Gasteiger charge is -2.11. The largest absolute Gasteiger partial charge is 0.349 e. The topological polar surface area (TPSA) is 70.2 Å². The number of amides is 1. The summed E-state index contributed by atoms with van der Waals surface area (Å²) in [6.45, 7) is 1.08. The highest BCUT2D eigenvalue weighted by atomic mass is 19.2. The lowest BCUT2D eigenvalue weighted by Crippen LogP contribution is -2.31. The maximum atomic E-state index is 13.6. The Hall–Kier alpha value is -2.68. The molecule has 2 rings (SSSR count). The molecule has 0 aliphatic rings. The number of rotatable bonds is 6. The van der Waals surface area contributed by atoms with Gasteiger partial charge in [0.05, 0.1) is 5.69 Å². The summed E-state index contributed by atoms with van der Waals surface area (Å²) < 4.78 is 39.8. The molecule has 1 amide bonds. The smallest absolute Gasteiger partial charge is 0.270 e. The second-order valence-electron chi connectivity index (χ2n) is 5.17. The van der Waals surface area contributed by atoms with Gasteiger partial charge in [-0.15, -0.1) is 0 Å².